The van der Waals surface area contributed by atoms with E-state index in [1.807, 2.05) is 43.3 Å². The van der Waals surface area contributed by atoms with E-state index in [-0.39, 0.29) is 0 Å². The Hall–Kier alpha value is -1.17. The average Bonchev–Trinajstić information content (AvgIpc) is 2.49. The number of hydrogen-bond donors (Lipinski definition) is 0. The van der Waals surface area contributed by atoms with Crippen molar-refractivity contribution in [2.75, 3.05) is 7.05 Å². The van der Waals surface area contributed by atoms with Crippen molar-refractivity contribution in [2.24, 2.45) is 0 Å². The summed E-state index contributed by atoms with van der Waals surface area (Å²) >= 11 is 3.35. The van der Waals surface area contributed by atoms with Crippen LogP contribution in [0.4, 0.5) is 0 Å². The maximum atomic E-state index is 12.6. The maximum absolute atomic E-state index is 12.6. The largest absolute Gasteiger partial charge is 0.243 e. The van der Waals surface area contributed by atoms with E-state index in [0.717, 1.165) is 16.7 Å². The van der Waals surface area contributed by atoms with Crippen molar-refractivity contribution < 1.29 is 8.42 Å². The summed E-state index contributed by atoms with van der Waals surface area (Å²) < 4.78 is 26.5. The molecule has 2 aromatic carbocycles. The Balaban J connectivity index is 2.24. The number of rotatable bonds is 5. The second-order valence-electron chi connectivity index (χ2n) is 4.97. The normalized spacial score (nSPS) is 11.8. The van der Waals surface area contributed by atoms with Gasteiger partial charge in [-0.1, -0.05) is 52.3 Å². The van der Waals surface area contributed by atoms with E-state index < -0.39 is 10.0 Å². The molecule has 0 bridgehead atoms. The van der Waals surface area contributed by atoms with Crippen molar-refractivity contribution in [1.29, 1.82) is 0 Å². The number of sulfonamides is 1. The van der Waals surface area contributed by atoms with Gasteiger partial charge in [-0.25, -0.2) is 8.42 Å². The second kappa shape index (κ2) is 6.73. The van der Waals surface area contributed by atoms with Gasteiger partial charge in [-0.05, 0) is 35.7 Å². The summed E-state index contributed by atoms with van der Waals surface area (Å²) in [7, 11) is -1.85. The first kappa shape index (κ1) is 16.2. The first-order valence-electron chi connectivity index (χ1n) is 6.61. The predicted octanol–water partition coefficient (Wildman–Crippen LogP) is 3.71. The molecule has 0 heterocycles. The van der Waals surface area contributed by atoms with Crippen LogP contribution in [0.1, 0.15) is 16.7 Å². The van der Waals surface area contributed by atoms with E-state index in [9.17, 15) is 8.42 Å². The molecule has 0 fully saturated rings. The fourth-order valence-corrected chi connectivity index (χ4v) is 3.57. The van der Waals surface area contributed by atoms with Gasteiger partial charge in [0.25, 0.3) is 0 Å². The molecule has 0 saturated carbocycles. The molecule has 0 spiro atoms. The number of benzene rings is 2. The minimum absolute atomic E-state index is 0.322. The molecule has 0 N–H and O–H groups in total. The zero-order valence-electron chi connectivity index (χ0n) is 12.1. The SMILES string of the molecule is Cc1ccccc1CN(C)S(=O)(=O)c1ccc(CBr)cc1. The highest BCUT2D eigenvalue weighted by molar-refractivity contribution is 9.08. The lowest BCUT2D eigenvalue weighted by molar-refractivity contribution is 0.466. The van der Waals surface area contributed by atoms with E-state index >= 15 is 0 Å². The molecule has 21 heavy (non-hydrogen) atoms. The van der Waals surface area contributed by atoms with Crippen LogP contribution >= 0.6 is 15.9 Å². The molecule has 0 atom stereocenters. The van der Waals surface area contributed by atoms with Gasteiger partial charge in [0.15, 0.2) is 0 Å². The number of aryl methyl sites for hydroxylation is 1. The molecular weight excluding hydrogens is 350 g/mol. The molecule has 0 aliphatic heterocycles. The van der Waals surface area contributed by atoms with Crippen LogP contribution in [0.5, 0.6) is 0 Å². The van der Waals surface area contributed by atoms with Crippen LogP contribution in [-0.4, -0.2) is 19.8 Å². The first-order chi connectivity index (χ1) is 9.95. The Morgan fingerprint density at radius 2 is 1.67 bits per heavy atom. The lowest BCUT2D eigenvalue weighted by Gasteiger charge is -2.18. The van der Waals surface area contributed by atoms with Gasteiger partial charge in [-0.2, -0.15) is 4.31 Å². The van der Waals surface area contributed by atoms with Gasteiger partial charge in [-0.15, -0.1) is 0 Å². The van der Waals surface area contributed by atoms with Crippen molar-refractivity contribution in [1.82, 2.24) is 4.31 Å². The molecule has 2 aromatic rings. The molecular formula is C16H18BrNO2S. The Morgan fingerprint density at radius 1 is 1.05 bits per heavy atom. The van der Waals surface area contributed by atoms with Crippen LogP contribution in [0.2, 0.25) is 0 Å². The van der Waals surface area contributed by atoms with Gasteiger partial charge in [0, 0.05) is 18.9 Å². The average molecular weight is 368 g/mol. The van der Waals surface area contributed by atoms with Crippen LogP contribution in [0.15, 0.2) is 53.4 Å². The smallest absolute Gasteiger partial charge is 0.207 e. The minimum atomic E-state index is -3.46. The molecule has 2 rings (SSSR count). The summed E-state index contributed by atoms with van der Waals surface area (Å²) in [5, 5.41) is 0.715. The number of hydrogen-bond acceptors (Lipinski definition) is 2. The van der Waals surface area contributed by atoms with Crippen molar-refractivity contribution in [2.45, 2.75) is 23.7 Å². The van der Waals surface area contributed by atoms with Gasteiger partial charge in [-0.3, -0.25) is 0 Å². The van der Waals surface area contributed by atoms with E-state index in [0.29, 0.717) is 16.8 Å². The van der Waals surface area contributed by atoms with Gasteiger partial charge >= 0.3 is 0 Å². The lowest BCUT2D eigenvalue weighted by atomic mass is 10.1. The van der Waals surface area contributed by atoms with Gasteiger partial charge < -0.3 is 0 Å². The summed E-state index contributed by atoms with van der Waals surface area (Å²) in [6.07, 6.45) is 0. The summed E-state index contributed by atoms with van der Waals surface area (Å²) in [5.41, 5.74) is 3.16. The van der Waals surface area contributed by atoms with Crippen LogP contribution in [0.3, 0.4) is 0 Å². The molecule has 0 unspecified atom stereocenters. The third-order valence-corrected chi connectivity index (χ3v) is 5.91. The Labute approximate surface area is 134 Å². The maximum Gasteiger partial charge on any atom is 0.243 e. The Bertz CT molecular complexity index is 711. The van der Waals surface area contributed by atoms with Crippen molar-refractivity contribution in [3.63, 3.8) is 0 Å². The first-order valence-corrected chi connectivity index (χ1v) is 9.17. The molecule has 0 aliphatic rings. The summed E-state index contributed by atoms with van der Waals surface area (Å²) in [6.45, 7) is 2.36. The van der Waals surface area contributed by atoms with E-state index in [1.54, 1.807) is 19.2 Å². The highest BCUT2D eigenvalue weighted by Gasteiger charge is 2.21. The van der Waals surface area contributed by atoms with Crippen molar-refractivity contribution >= 4 is 26.0 Å². The molecule has 0 amide bonds. The highest BCUT2D eigenvalue weighted by atomic mass is 79.9. The monoisotopic (exact) mass is 367 g/mol. The minimum Gasteiger partial charge on any atom is -0.207 e. The predicted molar refractivity (Wildman–Crippen MR) is 88.9 cm³/mol. The summed E-state index contributed by atoms with van der Waals surface area (Å²) in [6, 6.07) is 14.8. The quantitative estimate of drug-likeness (QED) is 0.755. The molecule has 112 valence electrons. The van der Waals surface area contributed by atoms with Crippen LogP contribution < -0.4 is 0 Å². The summed E-state index contributed by atoms with van der Waals surface area (Å²) in [5.74, 6) is 0. The van der Waals surface area contributed by atoms with E-state index in [1.165, 1.54) is 4.31 Å². The Kier molecular flexibility index (Phi) is 5.19. The molecule has 0 aromatic heterocycles. The lowest BCUT2D eigenvalue weighted by Crippen LogP contribution is -2.26. The molecule has 0 radical (unpaired) electrons. The van der Waals surface area contributed by atoms with Crippen LogP contribution in [-0.2, 0) is 21.9 Å². The van der Waals surface area contributed by atoms with Crippen molar-refractivity contribution in [3.8, 4) is 0 Å². The zero-order valence-corrected chi connectivity index (χ0v) is 14.5. The van der Waals surface area contributed by atoms with Crippen LogP contribution in [0.25, 0.3) is 0 Å². The van der Waals surface area contributed by atoms with Crippen LogP contribution in [0, 0.1) is 6.92 Å². The highest BCUT2D eigenvalue weighted by Crippen LogP contribution is 2.19. The van der Waals surface area contributed by atoms with E-state index in [2.05, 4.69) is 15.9 Å². The fraction of sp³-hybridized carbons (Fsp3) is 0.250. The Morgan fingerprint density at radius 3 is 2.24 bits per heavy atom. The zero-order chi connectivity index (χ0) is 15.5. The molecule has 3 nitrogen and oxygen atoms in total. The van der Waals surface area contributed by atoms with E-state index in [4.69, 9.17) is 0 Å². The standard InChI is InChI=1S/C16H18BrNO2S/c1-13-5-3-4-6-15(13)12-18(2)21(19,20)16-9-7-14(11-17)8-10-16/h3-10H,11-12H2,1-2H3. The molecule has 5 heteroatoms. The summed E-state index contributed by atoms with van der Waals surface area (Å²) in [4.78, 5) is 0.322. The second-order valence-corrected chi connectivity index (χ2v) is 7.57. The molecule has 0 saturated heterocycles. The third-order valence-electron chi connectivity index (χ3n) is 3.44. The number of halogens is 1. The third kappa shape index (κ3) is 3.73. The number of nitrogens with zero attached hydrogens (tertiary/aromatic N) is 1. The van der Waals surface area contributed by atoms with Gasteiger partial charge in [0.2, 0.25) is 10.0 Å². The van der Waals surface area contributed by atoms with Gasteiger partial charge in [0.05, 0.1) is 4.90 Å². The van der Waals surface area contributed by atoms with Crippen molar-refractivity contribution in [3.05, 3.63) is 65.2 Å². The number of alkyl halides is 1. The topological polar surface area (TPSA) is 37.4 Å². The molecule has 0 aliphatic carbocycles. The fourth-order valence-electron chi connectivity index (χ4n) is 2.04. The van der Waals surface area contributed by atoms with Gasteiger partial charge in [0.1, 0.15) is 0 Å².